The predicted molar refractivity (Wildman–Crippen MR) is 127 cm³/mol. The molecule has 4 heterocycles. The molecule has 3 aromatic heterocycles. The van der Waals surface area contributed by atoms with Gasteiger partial charge in [0.1, 0.15) is 22.3 Å². The van der Waals surface area contributed by atoms with Gasteiger partial charge in [0.2, 0.25) is 0 Å². The number of halogens is 1. The van der Waals surface area contributed by atoms with Gasteiger partial charge in [-0.1, -0.05) is 11.6 Å². The number of fused-ring (bicyclic) bond motifs is 1. The molecule has 3 aromatic rings. The van der Waals surface area contributed by atoms with Gasteiger partial charge in [-0.05, 0) is 45.7 Å². The highest BCUT2D eigenvalue weighted by molar-refractivity contribution is 6.29. The minimum absolute atomic E-state index is 0.0171. The molecule has 10 heteroatoms. The third kappa shape index (κ3) is 5.24. The zero-order valence-electron chi connectivity index (χ0n) is 19.1. The highest BCUT2D eigenvalue weighted by Crippen LogP contribution is 2.32. The van der Waals surface area contributed by atoms with Crippen molar-refractivity contribution in [2.75, 3.05) is 25.5 Å². The van der Waals surface area contributed by atoms with E-state index in [4.69, 9.17) is 26.1 Å². The highest BCUT2D eigenvalue weighted by Gasteiger charge is 2.32. The van der Waals surface area contributed by atoms with Gasteiger partial charge in [0.05, 0.1) is 36.4 Å². The Hall–Kier alpha value is -3.20. The fourth-order valence-corrected chi connectivity index (χ4v) is 4.01. The van der Waals surface area contributed by atoms with Gasteiger partial charge in [0.25, 0.3) is 0 Å². The number of amides is 1. The Morgan fingerprint density at radius 3 is 2.85 bits per heavy atom. The number of hydrogen-bond donors (Lipinski definition) is 1. The second kappa shape index (κ2) is 9.35. The van der Waals surface area contributed by atoms with Gasteiger partial charge in [0, 0.05) is 24.8 Å². The molecule has 0 saturated carbocycles. The second-order valence-corrected chi connectivity index (χ2v) is 9.24. The molecule has 0 spiro atoms. The smallest absolute Gasteiger partial charge is 0.410 e. The molecule has 1 atom stereocenters. The average Bonchev–Trinajstić information content (AvgIpc) is 3.24. The Bertz CT molecular complexity index is 1170. The van der Waals surface area contributed by atoms with Crippen LogP contribution in [0.3, 0.4) is 0 Å². The first-order chi connectivity index (χ1) is 15.7. The maximum atomic E-state index is 12.7. The van der Waals surface area contributed by atoms with Crippen LogP contribution in [0.15, 0.2) is 30.7 Å². The molecule has 1 N–H and O–H groups in total. The lowest BCUT2D eigenvalue weighted by molar-refractivity contribution is 0.0235. The van der Waals surface area contributed by atoms with Crippen LogP contribution in [-0.4, -0.2) is 62.8 Å². The van der Waals surface area contributed by atoms with Crippen molar-refractivity contribution in [1.82, 2.24) is 24.8 Å². The van der Waals surface area contributed by atoms with Crippen LogP contribution in [0, 0.1) is 0 Å². The number of pyridine rings is 2. The van der Waals surface area contributed by atoms with E-state index < -0.39 is 5.60 Å². The van der Waals surface area contributed by atoms with Crippen LogP contribution in [-0.2, 0) is 4.74 Å². The number of carbonyl (C=O) groups excluding carboxylic acids is 1. The molecule has 0 radical (unpaired) electrons. The Morgan fingerprint density at radius 1 is 1.30 bits per heavy atom. The lowest BCUT2D eigenvalue weighted by Crippen LogP contribution is -2.42. The molecule has 174 valence electrons. The van der Waals surface area contributed by atoms with Crippen molar-refractivity contribution >= 4 is 34.4 Å². The molecule has 1 amide bonds. The van der Waals surface area contributed by atoms with Gasteiger partial charge in [-0.25, -0.2) is 19.7 Å². The molecule has 0 aromatic carbocycles. The lowest BCUT2D eigenvalue weighted by Gasteiger charge is -2.29. The highest BCUT2D eigenvalue weighted by atomic mass is 35.5. The summed E-state index contributed by atoms with van der Waals surface area (Å²) in [7, 11) is 1.58. The first kappa shape index (κ1) is 23.0. The summed E-state index contributed by atoms with van der Waals surface area (Å²) in [6.07, 6.45) is 6.40. The summed E-state index contributed by atoms with van der Waals surface area (Å²) in [5.41, 5.74) is 0.825. The summed E-state index contributed by atoms with van der Waals surface area (Å²) in [5.74, 6) is 1.64. The molecule has 4 rings (SSSR count). The normalized spacial score (nSPS) is 16.2. The van der Waals surface area contributed by atoms with E-state index in [1.807, 2.05) is 20.8 Å². The summed E-state index contributed by atoms with van der Waals surface area (Å²) in [4.78, 5) is 32.1. The van der Waals surface area contributed by atoms with Crippen LogP contribution >= 0.6 is 11.6 Å². The van der Waals surface area contributed by atoms with E-state index in [0.717, 1.165) is 23.8 Å². The number of nitrogens with one attached hydrogen (secondary N) is 1. The second-order valence-electron chi connectivity index (χ2n) is 8.85. The molecular weight excluding hydrogens is 444 g/mol. The number of carbonyl (C=O) groups is 1. The molecule has 1 saturated heterocycles. The summed E-state index contributed by atoms with van der Waals surface area (Å²) in [6.45, 7) is 6.78. The number of aromatic nitrogens is 4. The maximum Gasteiger partial charge on any atom is 0.410 e. The summed E-state index contributed by atoms with van der Waals surface area (Å²) in [6, 6.07) is 3.49. The summed E-state index contributed by atoms with van der Waals surface area (Å²) in [5, 5.41) is 4.50. The van der Waals surface area contributed by atoms with Crippen LogP contribution in [0.4, 0.5) is 10.6 Å². The van der Waals surface area contributed by atoms with Crippen molar-refractivity contribution in [3.05, 3.63) is 35.9 Å². The first-order valence-corrected chi connectivity index (χ1v) is 11.2. The van der Waals surface area contributed by atoms with E-state index in [1.165, 1.54) is 0 Å². The first-order valence-electron chi connectivity index (χ1n) is 10.8. The van der Waals surface area contributed by atoms with Crippen molar-refractivity contribution in [3.8, 4) is 17.1 Å². The molecular formula is C23H27ClN6O3. The Balaban J connectivity index is 1.65. The molecule has 1 aliphatic heterocycles. The molecule has 9 nitrogen and oxygen atoms in total. The van der Waals surface area contributed by atoms with Crippen LogP contribution in [0.5, 0.6) is 5.75 Å². The number of likely N-dealkylation sites (tertiary alicyclic amines) is 1. The van der Waals surface area contributed by atoms with Crippen LogP contribution in [0.1, 0.15) is 33.6 Å². The molecule has 0 aliphatic carbocycles. The van der Waals surface area contributed by atoms with Crippen LogP contribution < -0.4 is 10.1 Å². The average molecular weight is 471 g/mol. The van der Waals surface area contributed by atoms with E-state index in [0.29, 0.717) is 41.2 Å². The number of rotatable bonds is 5. The van der Waals surface area contributed by atoms with Gasteiger partial charge >= 0.3 is 6.09 Å². The van der Waals surface area contributed by atoms with Crippen molar-refractivity contribution < 1.29 is 14.3 Å². The van der Waals surface area contributed by atoms with E-state index in [-0.39, 0.29) is 12.1 Å². The van der Waals surface area contributed by atoms with Crippen molar-refractivity contribution in [1.29, 1.82) is 0 Å². The largest absolute Gasteiger partial charge is 0.494 e. The topological polar surface area (TPSA) is 102 Å². The Labute approximate surface area is 197 Å². The van der Waals surface area contributed by atoms with Crippen LogP contribution in [0.2, 0.25) is 5.15 Å². The molecule has 1 unspecified atom stereocenters. The SMILES string of the molecule is COc1cncc2nc(-c3ccnc(Cl)c3)nc(NCC3CCCN3C(=O)OC(C)(C)C)c12. The van der Waals surface area contributed by atoms with E-state index in [1.54, 1.807) is 42.7 Å². The lowest BCUT2D eigenvalue weighted by atomic mass is 10.2. The molecule has 33 heavy (non-hydrogen) atoms. The maximum absolute atomic E-state index is 12.7. The third-order valence-corrected chi connectivity index (χ3v) is 5.49. The molecule has 1 fully saturated rings. The zero-order valence-corrected chi connectivity index (χ0v) is 19.9. The zero-order chi connectivity index (χ0) is 23.6. The minimum Gasteiger partial charge on any atom is -0.494 e. The number of anilines is 1. The van der Waals surface area contributed by atoms with Gasteiger partial charge in [-0.3, -0.25) is 4.98 Å². The minimum atomic E-state index is -0.540. The summed E-state index contributed by atoms with van der Waals surface area (Å²) >= 11 is 6.08. The molecule has 0 bridgehead atoms. The van der Waals surface area contributed by atoms with E-state index in [9.17, 15) is 4.79 Å². The standard InChI is InChI=1S/C23H27ClN6O3/c1-23(2,3)33-22(31)30-9-5-6-15(30)11-27-21-19-16(12-25-13-17(19)32-4)28-20(29-21)14-7-8-26-18(24)10-14/h7-8,10,12-13,15H,5-6,9,11H2,1-4H3,(H,27,28,29). The number of ether oxygens (including phenoxy) is 2. The van der Waals surface area contributed by atoms with Crippen LogP contribution in [0.25, 0.3) is 22.3 Å². The van der Waals surface area contributed by atoms with Crippen molar-refractivity contribution in [2.45, 2.75) is 45.3 Å². The van der Waals surface area contributed by atoms with E-state index >= 15 is 0 Å². The third-order valence-electron chi connectivity index (χ3n) is 5.29. The van der Waals surface area contributed by atoms with Crippen molar-refractivity contribution in [3.63, 3.8) is 0 Å². The Morgan fingerprint density at radius 2 is 2.12 bits per heavy atom. The van der Waals surface area contributed by atoms with Gasteiger partial charge in [0.15, 0.2) is 5.82 Å². The van der Waals surface area contributed by atoms with Crippen molar-refractivity contribution in [2.24, 2.45) is 0 Å². The Kier molecular flexibility index (Phi) is 6.51. The van der Waals surface area contributed by atoms with Gasteiger partial charge < -0.3 is 19.7 Å². The fourth-order valence-electron chi connectivity index (χ4n) is 3.83. The number of nitrogens with zero attached hydrogens (tertiary/aromatic N) is 5. The monoisotopic (exact) mass is 470 g/mol. The number of hydrogen-bond acceptors (Lipinski definition) is 8. The van der Waals surface area contributed by atoms with Gasteiger partial charge in [-0.2, -0.15) is 0 Å². The molecule has 1 aliphatic rings. The number of methoxy groups -OCH3 is 1. The fraction of sp³-hybridized carbons (Fsp3) is 0.435. The summed E-state index contributed by atoms with van der Waals surface area (Å²) < 4.78 is 11.1. The predicted octanol–water partition coefficient (Wildman–Crippen LogP) is 4.56. The van der Waals surface area contributed by atoms with Gasteiger partial charge in [-0.15, -0.1) is 0 Å². The van der Waals surface area contributed by atoms with E-state index in [2.05, 4.69) is 20.3 Å². The quantitative estimate of drug-likeness (QED) is 0.541.